The third kappa shape index (κ3) is 3.69. The van der Waals surface area contributed by atoms with Crippen LogP contribution < -0.4 is 0 Å². The number of rotatable bonds is 5. The number of ketones is 2. The van der Waals surface area contributed by atoms with Gasteiger partial charge in [0, 0.05) is 33.2 Å². The minimum absolute atomic E-state index is 0.0177. The van der Waals surface area contributed by atoms with E-state index in [0.29, 0.717) is 11.1 Å². The van der Waals surface area contributed by atoms with E-state index in [-0.39, 0.29) is 11.6 Å². The van der Waals surface area contributed by atoms with Gasteiger partial charge in [0.2, 0.25) is 0 Å². The quantitative estimate of drug-likeness (QED) is 0.101. The molecule has 0 aliphatic rings. The van der Waals surface area contributed by atoms with Crippen LogP contribution in [-0.4, -0.2) is 17.3 Å². The minimum atomic E-state index is 0.0177. The molecule has 0 fully saturated rings. The largest absolute Gasteiger partial charge is 0.294 e. The Bertz CT molecular complexity index is 1990. The second kappa shape index (κ2) is 8.99. The standard InChI is InChI=1S/C36H29NO2/c1-19(2)24-11-15-28-31-18-14-27(23(6)39)34-25(21(4)37-32-10-8-7-9-20(32)3)12-16-29(36(31)34)30-17-13-26(22(5)38)33(24)35(28)30/h7-18H,1H2,2-6H3. The summed E-state index contributed by atoms with van der Waals surface area (Å²) >= 11 is 0. The first-order valence-corrected chi connectivity index (χ1v) is 13.2. The number of hydrogen-bond acceptors (Lipinski definition) is 3. The molecule has 0 aliphatic carbocycles. The molecule has 0 atom stereocenters. The van der Waals surface area contributed by atoms with E-state index in [9.17, 15) is 9.59 Å². The predicted octanol–water partition coefficient (Wildman–Crippen LogP) is 9.62. The number of Topliss-reactive ketones (excluding diaryl/α,β-unsaturated/α-hetero) is 2. The molecular weight excluding hydrogens is 478 g/mol. The molecule has 0 bridgehead atoms. The molecule has 6 aromatic rings. The summed E-state index contributed by atoms with van der Waals surface area (Å²) < 4.78 is 0. The zero-order chi connectivity index (χ0) is 27.6. The van der Waals surface area contributed by atoms with E-state index in [1.165, 1.54) is 0 Å². The van der Waals surface area contributed by atoms with Crippen molar-refractivity contribution in [3.05, 3.63) is 107 Å². The van der Waals surface area contributed by atoms with Gasteiger partial charge >= 0.3 is 0 Å². The van der Waals surface area contributed by atoms with Crippen molar-refractivity contribution in [3.63, 3.8) is 0 Å². The van der Waals surface area contributed by atoms with E-state index in [2.05, 4.69) is 56.0 Å². The number of nitrogens with zero attached hydrogens (tertiary/aromatic N) is 1. The Balaban J connectivity index is 1.82. The number of para-hydroxylation sites is 1. The summed E-state index contributed by atoms with van der Waals surface area (Å²) in [5, 5.41) is 8.21. The highest BCUT2D eigenvalue weighted by Crippen LogP contribution is 2.45. The third-order valence-corrected chi connectivity index (χ3v) is 7.91. The number of aliphatic imine (C=N–C) groups is 1. The number of carbonyl (C=O) groups excluding carboxylic acids is 2. The fourth-order valence-electron chi connectivity index (χ4n) is 6.06. The van der Waals surface area contributed by atoms with Crippen molar-refractivity contribution < 1.29 is 9.59 Å². The van der Waals surface area contributed by atoms with Crippen LogP contribution in [0.5, 0.6) is 0 Å². The summed E-state index contributed by atoms with van der Waals surface area (Å²) in [5.41, 5.74) is 7.11. The average molecular weight is 508 g/mol. The molecule has 0 aliphatic heterocycles. The maximum Gasteiger partial charge on any atom is 0.160 e. The smallest absolute Gasteiger partial charge is 0.160 e. The highest BCUT2D eigenvalue weighted by atomic mass is 16.1. The van der Waals surface area contributed by atoms with Crippen molar-refractivity contribution >= 4 is 71.6 Å². The normalized spacial score (nSPS) is 12.2. The second-order valence-electron chi connectivity index (χ2n) is 10.5. The van der Waals surface area contributed by atoms with Gasteiger partial charge in [-0.05, 0) is 84.1 Å². The number of benzene rings is 6. The van der Waals surface area contributed by atoms with Gasteiger partial charge < -0.3 is 0 Å². The minimum Gasteiger partial charge on any atom is -0.294 e. The first-order chi connectivity index (χ1) is 18.7. The van der Waals surface area contributed by atoms with Crippen LogP contribution in [0.4, 0.5) is 5.69 Å². The second-order valence-corrected chi connectivity index (χ2v) is 10.5. The summed E-state index contributed by atoms with van der Waals surface area (Å²) in [5.74, 6) is 0.0478. The molecule has 0 saturated heterocycles. The summed E-state index contributed by atoms with van der Waals surface area (Å²) in [6.45, 7) is 13.5. The summed E-state index contributed by atoms with van der Waals surface area (Å²) in [4.78, 5) is 30.7. The number of aryl methyl sites for hydroxylation is 1. The Morgan fingerprint density at radius 1 is 0.564 bits per heavy atom. The van der Waals surface area contributed by atoms with Gasteiger partial charge in [-0.25, -0.2) is 0 Å². The van der Waals surface area contributed by atoms with Gasteiger partial charge in [0.05, 0.1) is 5.69 Å². The summed E-state index contributed by atoms with van der Waals surface area (Å²) in [6, 6.07) is 24.5. The van der Waals surface area contributed by atoms with Gasteiger partial charge in [0.25, 0.3) is 0 Å². The SMILES string of the molecule is C=C(C)c1ccc2c3ccc(C(C)=O)c4c(C(C)=Nc5ccccc5C)ccc(c5ccc(C(C)=O)c1c25)c43. The van der Waals surface area contributed by atoms with E-state index in [0.717, 1.165) is 76.8 Å². The molecule has 0 radical (unpaired) electrons. The zero-order valence-corrected chi connectivity index (χ0v) is 22.9. The van der Waals surface area contributed by atoms with Crippen LogP contribution in [0.1, 0.15) is 65.1 Å². The summed E-state index contributed by atoms with van der Waals surface area (Å²) in [7, 11) is 0. The van der Waals surface area contributed by atoms with Crippen LogP contribution >= 0.6 is 0 Å². The van der Waals surface area contributed by atoms with Gasteiger partial charge in [0.15, 0.2) is 11.6 Å². The molecule has 0 N–H and O–H groups in total. The van der Waals surface area contributed by atoms with Crippen LogP contribution in [0.25, 0.3) is 48.7 Å². The average Bonchev–Trinajstić information content (AvgIpc) is 2.91. The lowest BCUT2D eigenvalue weighted by Gasteiger charge is -2.20. The Morgan fingerprint density at radius 2 is 1.00 bits per heavy atom. The van der Waals surface area contributed by atoms with Gasteiger partial charge in [-0.2, -0.15) is 0 Å². The Labute approximate surface area is 227 Å². The van der Waals surface area contributed by atoms with E-state index >= 15 is 0 Å². The lowest BCUT2D eigenvalue weighted by Crippen LogP contribution is -2.04. The Morgan fingerprint density at radius 3 is 1.46 bits per heavy atom. The van der Waals surface area contributed by atoms with Gasteiger partial charge in [-0.15, -0.1) is 0 Å². The molecule has 6 rings (SSSR count). The molecule has 0 saturated carbocycles. The van der Waals surface area contributed by atoms with E-state index < -0.39 is 0 Å². The van der Waals surface area contributed by atoms with Crippen LogP contribution in [0.3, 0.4) is 0 Å². The first-order valence-electron chi connectivity index (χ1n) is 13.2. The molecule has 190 valence electrons. The maximum atomic E-state index is 13.0. The lowest BCUT2D eigenvalue weighted by molar-refractivity contribution is 0.101. The fourth-order valence-corrected chi connectivity index (χ4v) is 6.06. The Kier molecular flexibility index (Phi) is 5.69. The number of carbonyl (C=O) groups is 2. The fraction of sp³-hybridized carbons (Fsp3) is 0.139. The third-order valence-electron chi connectivity index (χ3n) is 7.91. The van der Waals surface area contributed by atoms with Crippen LogP contribution in [0.15, 0.2) is 84.4 Å². The molecule has 3 nitrogen and oxygen atoms in total. The topological polar surface area (TPSA) is 46.5 Å². The van der Waals surface area contributed by atoms with Crippen molar-refractivity contribution in [3.8, 4) is 0 Å². The zero-order valence-electron chi connectivity index (χ0n) is 22.9. The van der Waals surface area contributed by atoms with Crippen LogP contribution in [0, 0.1) is 6.92 Å². The van der Waals surface area contributed by atoms with E-state index in [4.69, 9.17) is 4.99 Å². The van der Waals surface area contributed by atoms with Gasteiger partial charge in [-0.3, -0.25) is 14.6 Å². The monoisotopic (exact) mass is 507 g/mol. The highest BCUT2D eigenvalue weighted by molar-refractivity contribution is 6.38. The van der Waals surface area contributed by atoms with E-state index in [1.807, 2.05) is 44.2 Å². The van der Waals surface area contributed by atoms with Crippen molar-refractivity contribution in [2.45, 2.75) is 34.6 Å². The molecule has 3 heteroatoms. The first kappa shape index (κ1) is 24.7. The summed E-state index contributed by atoms with van der Waals surface area (Å²) in [6.07, 6.45) is 0. The molecule has 0 amide bonds. The molecule has 39 heavy (non-hydrogen) atoms. The predicted molar refractivity (Wildman–Crippen MR) is 165 cm³/mol. The lowest BCUT2D eigenvalue weighted by atomic mass is 9.82. The molecular formula is C36H29NO2. The van der Waals surface area contributed by atoms with Crippen molar-refractivity contribution in [1.29, 1.82) is 0 Å². The van der Waals surface area contributed by atoms with Crippen molar-refractivity contribution in [2.24, 2.45) is 4.99 Å². The molecule has 0 unspecified atom stereocenters. The molecule has 0 heterocycles. The van der Waals surface area contributed by atoms with Crippen molar-refractivity contribution in [2.75, 3.05) is 0 Å². The molecule has 0 spiro atoms. The number of allylic oxidation sites excluding steroid dienone is 1. The number of hydrogen-bond donors (Lipinski definition) is 0. The van der Waals surface area contributed by atoms with Gasteiger partial charge in [0.1, 0.15) is 0 Å². The van der Waals surface area contributed by atoms with Crippen LogP contribution in [0.2, 0.25) is 0 Å². The van der Waals surface area contributed by atoms with Gasteiger partial charge in [-0.1, -0.05) is 78.9 Å². The highest BCUT2D eigenvalue weighted by Gasteiger charge is 2.22. The number of fused-ring (bicyclic) bond motifs is 2. The molecule has 0 aromatic heterocycles. The van der Waals surface area contributed by atoms with Crippen molar-refractivity contribution in [1.82, 2.24) is 0 Å². The maximum absolute atomic E-state index is 13.0. The van der Waals surface area contributed by atoms with E-state index in [1.54, 1.807) is 13.8 Å². The van der Waals surface area contributed by atoms with Crippen LogP contribution in [-0.2, 0) is 0 Å². The molecule has 6 aromatic carbocycles. The Hall–Kier alpha value is -4.63.